The Hall–Kier alpha value is -2.06. The predicted molar refractivity (Wildman–Crippen MR) is 102 cm³/mol. The molecule has 0 aliphatic carbocycles. The molecule has 0 saturated carbocycles. The summed E-state index contributed by atoms with van der Waals surface area (Å²) in [7, 11) is 1.18. The summed E-state index contributed by atoms with van der Waals surface area (Å²) in [6.45, 7) is 0. The van der Waals surface area contributed by atoms with Crippen molar-refractivity contribution in [1.82, 2.24) is 5.32 Å². The number of halogens is 5. The van der Waals surface area contributed by atoms with E-state index in [0.29, 0.717) is 15.1 Å². The van der Waals surface area contributed by atoms with Gasteiger partial charge in [-0.15, -0.1) is 0 Å². The van der Waals surface area contributed by atoms with Crippen molar-refractivity contribution in [3.8, 4) is 0 Å². The van der Waals surface area contributed by atoms with Gasteiger partial charge in [-0.05, 0) is 35.4 Å². The van der Waals surface area contributed by atoms with Gasteiger partial charge in [0.2, 0.25) is 5.91 Å². The zero-order valence-corrected chi connectivity index (χ0v) is 17.0. The monoisotopic (exact) mass is 477 g/mol. The highest BCUT2D eigenvalue weighted by molar-refractivity contribution is 9.10. The van der Waals surface area contributed by atoms with Crippen LogP contribution in [-0.2, 0) is 33.3 Å². The van der Waals surface area contributed by atoms with E-state index in [0.717, 1.165) is 12.1 Å². The van der Waals surface area contributed by atoms with Crippen molar-refractivity contribution < 1.29 is 27.5 Å². The molecule has 0 radical (unpaired) electrons. The minimum Gasteiger partial charge on any atom is -0.467 e. The summed E-state index contributed by atoms with van der Waals surface area (Å²) in [5.41, 5.74) is 0.00678. The summed E-state index contributed by atoms with van der Waals surface area (Å²) in [4.78, 5) is 24.4. The van der Waals surface area contributed by atoms with E-state index in [9.17, 15) is 22.8 Å². The molecule has 4 nitrogen and oxygen atoms in total. The van der Waals surface area contributed by atoms with E-state index in [1.165, 1.54) is 19.2 Å². The Bertz CT molecular complexity index is 874. The fourth-order valence-corrected chi connectivity index (χ4v) is 3.15. The maximum absolute atomic E-state index is 12.8. The fraction of sp³-hybridized carbons (Fsp3) is 0.263. The number of benzene rings is 2. The van der Waals surface area contributed by atoms with Gasteiger partial charge < -0.3 is 10.1 Å². The van der Waals surface area contributed by atoms with E-state index in [4.69, 9.17) is 16.3 Å². The van der Waals surface area contributed by atoms with Crippen LogP contribution in [0.25, 0.3) is 0 Å². The first-order chi connectivity index (χ1) is 13.1. The number of alkyl halides is 3. The molecule has 2 rings (SSSR count). The van der Waals surface area contributed by atoms with Gasteiger partial charge in [-0.25, -0.2) is 4.79 Å². The number of hydrogen-bond acceptors (Lipinski definition) is 3. The lowest BCUT2D eigenvalue weighted by atomic mass is 10.0. The van der Waals surface area contributed by atoms with Gasteiger partial charge in [-0.2, -0.15) is 13.2 Å². The van der Waals surface area contributed by atoms with Crippen LogP contribution < -0.4 is 5.32 Å². The summed E-state index contributed by atoms with van der Waals surface area (Å²) >= 11 is 9.31. The molecular formula is C19H16BrClF3NO3. The van der Waals surface area contributed by atoms with Crippen molar-refractivity contribution in [2.45, 2.75) is 25.1 Å². The standard InChI is InChI=1S/C19H16BrClF3NO3/c1-28-18(27)16(10-12-9-14(21)5-6-15(12)20)25-17(26)8-11-3-2-4-13(7-11)19(22,23)24/h2-7,9,16H,8,10H2,1H3,(H,25,26)/t16-/m1/s1. The highest BCUT2D eigenvalue weighted by atomic mass is 79.9. The molecule has 0 aliphatic heterocycles. The summed E-state index contributed by atoms with van der Waals surface area (Å²) in [5, 5.41) is 2.97. The van der Waals surface area contributed by atoms with Crippen LogP contribution in [0, 0.1) is 0 Å². The van der Waals surface area contributed by atoms with Crippen LogP contribution in [0.5, 0.6) is 0 Å². The molecule has 0 saturated heterocycles. The maximum Gasteiger partial charge on any atom is 0.416 e. The van der Waals surface area contributed by atoms with Crippen molar-refractivity contribution in [1.29, 1.82) is 0 Å². The lowest BCUT2D eigenvalue weighted by Crippen LogP contribution is -2.43. The molecule has 1 atom stereocenters. The van der Waals surface area contributed by atoms with Gasteiger partial charge in [-0.1, -0.05) is 45.7 Å². The number of amides is 1. The number of carbonyl (C=O) groups is 2. The van der Waals surface area contributed by atoms with E-state index < -0.39 is 29.7 Å². The Balaban J connectivity index is 2.13. The molecule has 1 N–H and O–H groups in total. The molecule has 0 bridgehead atoms. The van der Waals surface area contributed by atoms with Crippen molar-refractivity contribution in [2.24, 2.45) is 0 Å². The van der Waals surface area contributed by atoms with E-state index >= 15 is 0 Å². The fourth-order valence-electron chi connectivity index (χ4n) is 2.54. The van der Waals surface area contributed by atoms with Crippen LogP contribution in [0.3, 0.4) is 0 Å². The van der Waals surface area contributed by atoms with Crippen molar-refractivity contribution >= 4 is 39.4 Å². The summed E-state index contributed by atoms with van der Waals surface area (Å²) in [6.07, 6.45) is -4.71. The third-order valence-corrected chi connectivity index (χ3v) is 4.88. The zero-order chi connectivity index (χ0) is 20.9. The number of nitrogens with one attached hydrogen (secondary N) is 1. The molecule has 28 heavy (non-hydrogen) atoms. The van der Waals surface area contributed by atoms with Crippen LogP contribution in [0.2, 0.25) is 5.02 Å². The van der Waals surface area contributed by atoms with Crippen LogP contribution in [0.1, 0.15) is 16.7 Å². The Labute approximate surface area is 173 Å². The van der Waals surface area contributed by atoms with Crippen molar-refractivity contribution in [3.63, 3.8) is 0 Å². The third-order valence-electron chi connectivity index (χ3n) is 3.87. The topological polar surface area (TPSA) is 55.4 Å². The lowest BCUT2D eigenvalue weighted by Gasteiger charge is -2.18. The zero-order valence-electron chi connectivity index (χ0n) is 14.6. The summed E-state index contributed by atoms with van der Waals surface area (Å²) in [5.74, 6) is -1.28. The second kappa shape index (κ2) is 9.43. The molecule has 0 heterocycles. The van der Waals surface area contributed by atoms with Gasteiger partial charge >= 0.3 is 12.1 Å². The lowest BCUT2D eigenvalue weighted by molar-refractivity contribution is -0.145. The van der Waals surface area contributed by atoms with Crippen LogP contribution in [0.15, 0.2) is 46.9 Å². The van der Waals surface area contributed by atoms with E-state index in [-0.39, 0.29) is 18.4 Å². The molecule has 0 spiro atoms. The van der Waals surface area contributed by atoms with Crippen molar-refractivity contribution in [3.05, 3.63) is 68.7 Å². The van der Waals surface area contributed by atoms with Crippen LogP contribution in [0.4, 0.5) is 13.2 Å². The first-order valence-corrected chi connectivity index (χ1v) is 9.24. The van der Waals surface area contributed by atoms with E-state index in [1.54, 1.807) is 18.2 Å². The molecular weight excluding hydrogens is 463 g/mol. The molecule has 0 aromatic heterocycles. The molecule has 1 amide bonds. The Morgan fingerprint density at radius 2 is 1.93 bits per heavy atom. The average molecular weight is 479 g/mol. The molecule has 150 valence electrons. The molecule has 0 unspecified atom stereocenters. The molecule has 0 fully saturated rings. The Morgan fingerprint density at radius 3 is 2.57 bits per heavy atom. The minimum atomic E-state index is -4.50. The quantitative estimate of drug-likeness (QED) is 0.619. The number of rotatable bonds is 6. The van der Waals surface area contributed by atoms with Gasteiger partial charge in [0.25, 0.3) is 0 Å². The Morgan fingerprint density at radius 1 is 1.21 bits per heavy atom. The number of carbonyl (C=O) groups excluding carboxylic acids is 2. The largest absolute Gasteiger partial charge is 0.467 e. The number of methoxy groups -OCH3 is 1. The van der Waals surface area contributed by atoms with Crippen molar-refractivity contribution in [2.75, 3.05) is 7.11 Å². The molecule has 0 aliphatic rings. The average Bonchev–Trinajstić information content (AvgIpc) is 2.63. The van der Waals surface area contributed by atoms with E-state index in [1.807, 2.05) is 0 Å². The first kappa shape index (κ1) is 22.2. The second-order valence-electron chi connectivity index (χ2n) is 5.96. The Kier molecular flexibility index (Phi) is 7.48. The van der Waals surface area contributed by atoms with Gasteiger partial charge in [0.15, 0.2) is 0 Å². The van der Waals surface area contributed by atoms with Gasteiger partial charge in [0.1, 0.15) is 6.04 Å². The molecule has 2 aromatic carbocycles. The minimum absolute atomic E-state index is 0.0994. The van der Waals surface area contributed by atoms with Gasteiger partial charge in [-0.3, -0.25) is 4.79 Å². The smallest absolute Gasteiger partial charge is 0.416 e. The highest BCUT2D eigenvalue weighted by Crippen LogP contribution is 2.29. The van der Waals surface area contributed by atoms with Crippen LogP contribution in [-0.4, -0.2) is 25.0 Å². The molecule has 9 heteroatoms. The number of hydrogen-bond donors (Lipinski definition) is 1. The normalized spacial score (nSPS) is 12.4. The summed E-state index contributed by atoms with van der Waals surface area (Å²) < 4.78 is 43.8. The highest BCUT2D eigenvalue weighted by Gasteiger charge is 2.30. The SMILES string of the molecule is COC(=O)[C@@H](Cc1cc(Cl)ccc1Br)NC(=O)Cc1cccc(C(F)(F)F)c1. The van der Waals surface area contributed by atoms with Gasteiger partial charge in [0, 0.05) is 15.9 Å². The third kappa shape index (κ3) is 6.24. The number of ether oxygens (including phenoxy) is 1. The number of esters is 1. The predicted octanol–water partition coefficient (Wildman–Crippen LogP) is 4.56. The second-order valence-corrected chi connectivity index (χ2v) is 7.25. The van der Waals surface area contributed by atoms with Gasteiger partial charge in [0.05, 0.1) is 19.1 Å². The van der Waals surface area contributed by atoms with Crippen LogP contribution >= 0.6 is 27.5 Å². The summed E-state index contributed by atoms with van der Waals surface area (Å²) in [6, 6.07) is 8.46. The maximum atomic E-state index is 12.8. The molecule has 2 aromatic rings. The first-order valence-electron chi connectivity index (χ1n) is 8.07. The van der Waals surface area contributed by atoms with E-state index in [2.05, 4.69) is 21.2 Å².